The van der Waals surface area contributed by atoms with Crippen LogP contribution in [0.1, 0.15) is 6.42 Å². The largest absolute Gasteiger partial charge is 0.484 e. The molecule has 18 heavy (non-hydrogen) atoms. The topological polar surface area (TPSA) is 55.6 Å². The number of likely N-dealkylation sites (tertiary alicyclic amines) is 1. The van der Waals surface area contributed by atoms with Crippen LogP contribution in [0.4, 0.5) is 0 Å². The number of nitrogens with two attached hydrogens (primary N) is 1. The molecule has 1 fully saturated rings. The minimum atomic E-state index is 0.0147. The van der Waals surface area contributed by atoms with Gasteiger partial charge in [0.25, 0.3) is 5.91 Å². The Kier molecular flexibility index (Phi) is 4.44. The van der Waals surface area contributed by atoms with Gasteiger partial charge in [-0.05, 0) is 43.1 Å². The Morgan fingerprint density at radius 3 is 2.78 bits per heavy atom. The maximum absolute atomic E-state index is 11.9. The molecule has 1 saturated heterocycles. The second-order valence-corrected chi connectivity index (χ2v) is 4.91. The molecule has 0 spiro atoms. The van der Waals surface area contributed by atoms with Crippen molar-refractivity contribution in [1.29, 1.82) is 0 Å². The number of amides is 1. The van der Waals surface area contributed by atoms with E-state index in [-0.39, 0.29) is 12.5 Å². The Labute approximate surface area is 112 Å². The fourth-order valence-corrected chi connectivity index (χ4v) is 2.14. The van der Waals surface area contributed by atoms with E-state index in [0.717, 1.165) is 19.5 Å². The van der Waals surface area contributed by atoms with Crippen LogP contribution in [0.15, 0.2) is 24.3 Å². The average Bonchev–Trinajstić information content (AvgIpc) is 2.86. The van der Waals surface area contributed by atoms with Gasteiger partial charge in [-0.2, -0.15) is 0 Å². The zero-order valence-electron chi connectivity index (χ0n) is 10.1. The molecule has 98 valence electrons. The highest BCUT2D eigenvalue weighted by molar-refractivity contribution is 6.30. The lowest BCUT2D eigenvalue weighted by Gasteiger charge is -2.16. The number of carbonyl (C=O) groups is 1. The van der Waals surface area contributed by atoms with Gasteiger partial charge in [-0.3, -0.25) is 4.79 Å². The first-order chi connectivity index (χ1) is 8.69. The van der Waals surface area contributed by atoms with E-state index in [9.17, 15) is 4.79 Å². The first kappa shape index (κ1) is 13.2. The summed E-state index contributed by atoms with van der Waals surface area (Å²) < 4.78 is 5.42. The number of hydrogen-bond acceptors (Lipinski definition) is 3. The standard InChI is InChI=1S/C13H17ClN2O2/c14-11-1-3-12(4-2-11)18-9-13(17)16-6-5-10(7-15)8-16/h1-4,10H,5-9,15H2/t10-/m0/s1. The third-order valence-corrected chi connectivity index (χ3v) is 3.40. The third-order valence-electron chi connectivity index (χ3n) is 3.15. The molecule has 5 heteroatoms. The van der Waals surface area contributed by atoms with Gasteiger partial charge in [0.2, 0.25) is 0 Å². The number of hydrogen-bond donors (Lipinski definition) is 1. The van der Waals surface area contributed by atoms with Crippen molar-refractivity contribution in [3.05, 3.63) is 29.3 Å². The van der Waals surface area contributed by atoms with Gasteiger partial charge in [0.05, 0.1) is 0 Å². The molecule has 0 radical (unpaired) electrons. The number of halogens is 1. The molecule has 1 heterocycles. The first-order valence-corrected chi connectivity index (χ1v) is 6.43. The van der Waals surface area contributed by atoms with Crippen molar-refractivity contribution in [2.45, 2.75) is 6.42 Å². The van der Waals surface area contributed by atoms with Crippen molar-refractivity contribution in [3.8, 4) is 5.75 Å². The number of rotatable bonds is 4. The maximum atomic E-state index is 11.9. The van der Waals surface area contributed by atoms with Crippen molar-refractivity contribution in [1.82, 2.24) is 4.90 Å². The summed E-state index contributed by atoms with van der Waals surface area (Å²) in [6, 6.07) is 6.98. The molecule has 2 rings (SSSR count). The molecule has 1 amide bonds. The molecular weight excluding hydrogens is 252 g/mol. The van der Waals surface area contributed by atoms with Gasteiger partial charge in [-0.1, -0.05) is 11.6 Å². The highest BCUT2D eigenvalue weighted by atomic mass is 35.5. The second-order valence-electron chi connectivity index (χ2n) is 4.47. The number of carbonyl (C=O) groups excluding carboxylic acids is 1. The molecule has 0 bridgehead atoms. The first-order valence-electron chi connectivity index (χ1n) is 6.05. The summed E-state index contributed by atoms with van der Waals surface area (Å²) in [5.74, 6) is 1.10. The van der Waals surface area contributed by atoms with Crippen LogP contribution in [0.25, 0.3) is 0 Å². The van der Waals surface area contributed by atoms with Gasteiger partial charge in [0.1, 0.15) is 5.75 Å². The summed E-state index contributed by atoms with van der Waals surface area (Å²) in [4.78, 5) is 13.7. The predicted octanol–water partition coefficient (Wildman–Crippen LogP) is 1.53. The summed E-state index contributed by atoms with van der Waals surface area (Å²) in [7, 11) is 0. The van der Waals surface area contributed by atoms with E-state index in [2.05, 4.69) is 0 Å². The Morgan fingerprint density at radius 2 is 2.17 bits per heavy atom. The van der Waals surface area contributed by atoms with Crippen molar-refractivity contribution in [2.75, 3.05) is 26.2 Å². The van der Waals surface area contributed by atoms with Gasteiger partial charge in [0.15, 0.2) is 6.61 Å². The van der Waals surface area contributed by atoms with E-state index in [1.54, 1.807) is 24.3 Å². The van der Waals surface area contributed by atoms with Crippen molar-refractivity contribution >= 4 is 17.5 Å². The number of benzene rings is 1. The molecular formula is C13H17ClN2O2. The van der Waals surface area contributed by atoms with Gasteiger partial charge >= 0.3 is 0 Å². The molecule has 1 aliphatic rings. The van der Waals surface area contributed by atoms with Gasteiger partial charge in [-0.15, -0.1) is 0 Å². The molecule has 4 nitrogen and oxygen atoms in total. The van der Waals surface area contributed by atoms with Gasteiger partial charge in [-0.25, -0.2) is 0 Å². The van der Waals surface area contributed by atoms with Crippen LogP contribution >= 0.6 is 11.6 Å². The summed E-state index contributed by atoms with van der Waals surface area (Å²) in [6.45, 7) is 2.24. The van der Waals surface area contributed by atoms with Crippen LogP contribution < -0.4 is 10.5 Å². The van der Waals surface area contributed by atoms with E-state index >= 15 is 0 Å². The zero-order chi connectivity index (χ0) is 13.0. The van der Waals surface area contributed by atoms with E-state index in [4.69, 9.17) is 22.1 Å². The van der Waals surface area contributed by atoms with Gasteiger partial charge < -0.3 is 15.4 Å². The Hall–Kier alpha value is -1.26. The van der Waals surface area contributed by atoms with Crippen LogP contribution in [0.3, 0.4) is 0 Å². The molecule has 1 aromatic carbocycles. The van der Waals surface area contributed by atoms with Crippen LogP contribution in [0.2, 0.25) is 5.02 Å². The van der Waals surface area contributed by atoms with E-state index in [1.165, 1.54) is 0 Å². The highest BCUT2D eigenvalue weighted by Gasteiger charge is 2.25. The SMILES string of the molecule is NC[C@@H]1CCN(C(=O)COc2ccc(Cl)cc2)C1. The molecule has 2 N–H and O–H groups in total. The summed E-state index contributed by atoms with van der Waals surface area (Å²) >= 11 is 5.77. The fraction of sp³-hybridized carbons (Fsp3) is 0.462. The maximum Gasteiger partial charge on any atom is 0.260 e. The minimum absolute atomic E-state index is 0.0147. The summed E-state index contributed by atoms with van der Waals surface area (Å²) in [5, 5.41) is 0.652. The summed E-state index contributed by atoms with van der Waals surface area (Å²) in [5.41, 5.74) is 5.59. The monoisotopic (exact) mass is 268 g/mol. The molecule has 1 atom stereocenters. The lowest BCUT2D eigenvalue weighted by molar-refractivity contribution is -0.132. The second kappa shape index (κ2) is 6.07. The molecule has 0 aromatic heterocycles. The fourth-order valence-electron chi connectivity index (χ4n) is 2.02. The smallest absolute Gasteiger partial charge is 0.260 e. The molecule has 0 saturated carbocycles. The molecule has 0 aliphatic carbocycles. The average molecular weight is 269 g/mol. The Balaban J connectivity index is 1.80. The lowest BCUT2D eigenvalue weighted by Crippen LogP contribution is -2.33. The predicted molar refractivity (Wildman–Crippen MR) is 70.7 cm³/mol. The van der Waals surface area contributed by atoms with Crippen molar-refractivity contribution in [3.63, 3.8) is 0 Å². The third kappa shape index (κ3) is 3.37. The van der Waals surface area contributed by atoms with E-state index in [0.29, 0.717) is 23.2 Å². The molecule has 0 unspecified atom stereocenters. The van der Waals surface area contributed by atoms with E-state index in [1.807, 2.05) is 4.90 Å². The summed E-state index contributed by atoms with van der Waals surface area (Å²) in [6.07, 6.45) is 0.989. The lowest BCUT2D eigenvalue weighted by atomic mass is 10.1. The van der Waals surface area contributed by atoms with Crippen LogP contribution in [0.5, 0.6) is 5.75 Å². The molecule has 1 aliphatic heterocycles. The van der Waals surface area contributed by atoms with Crippen molar-refractivity contribution < 1.29 is 9.53 Å². The minimum Gasteiger partial charge on any atom is -0.484 e. The van der Waals surface area contributed by atoms with Gasteiger partial charge in [0, 0.05) is 18.1 Å². The van der Waals surface area contributed by atoms with E-state index < -0.39 is 0 Å². The van der Waals surface area contributed by atoms with Crippen molar-refractivity contribution in [2.24, 2.45) is 11.7 Å². The van der Waals surface area contributed by atoms with Crippen LogP contribution in [-0.4, -0.2) is 37.0 Å². The Bertz CT molecular complexity index is 408. The zero-order valence-corrected chi connectivity index (χ0v) is 10.9. The quantitative estimate of drug-likeness (QED) is 0.901. The Morgan fingerprint density at radius 1 is 1.44 bits per heavy atom. The molecule has 1 aromatic rings. The van der Waals surface area contributed by atoms with Crippen LogP contribution in [-0.2, 0) is 4.79 Å². The number of nitrogens with zero attached hydrogens (tertiary/aromatic N) is 1. The number of ether oxygens (including phenoxy) is 1. The normalized spacial score (nSPS) is 19.0. The van der Waals surface area contributed by atoms with Crippen LogP contribution in [0, 0.1) is 5.92 Å². The highest BCUT2D eigenvalue weighted by Crippen LogP contribution is 2.17.